The Bertz CT molecular complexity index is 949. The lowest BCUT2D eigenvalue weighted by Crippen LogP contribution is -2.10. The van der Waals surface area contributed by atoms with Gasteiger partial charge in [0.2, 0.25) is 5.76 Å². The molecule has 1 aromatic heterocycles. The van der Waals surface area contributed by atoms with Crippen LogP contribution in [0.25, 0.3) is 11.0 Å². The number of para-hydroxylation sites is 1. The zero-order chi connectivity index (χ0) is 16.4. The molecule has 0 fully saturated rings. The predicted molar refractivity (Wildman–Crippen MR) is 85.7 cm³/mol. The molecule has 0 aliphatic heterocycles. The van der Waals surface area contributed by atoms with Crippen LogP contribution in [0.2, 0.25) is 0 Å². The number of carbonyl (C=O) groups is 1. The van der Waals surface area contributed by atoms with Crippen molar-refractivity contribution in [3.63, 3.8) is 0 Å². The topological polar surface area (TPSA) is 56.5 Å². The normalized spacial score (nSPS) is 10.7. The number of benzene rings is 2. The van der Waals surface area contributed by atoms with Crippen LogP contribution in [-0.2, 0) is 11.3 Å². The highest BCUT2D eigenvalue weighted by molar-refractivity contribution is 9.10. The smallest absolute Gasteiger partial charge is 0.374 e. The van der Waals surface area contributed by atoms with Gasteiger partial charge in [0.15, 0.2) is 5.43 Å². The van der Waals surface area contributed by atoms with Gasteiger partial charge in [0.05, 0.1) is 5.39 Å². The number of ether oxygens (including phenoxy) is 1. The van der Waals surface area contributed by atoms with Crippen LogP contribution in [0.15, 0.2) is 62.2 Å². The maximum absolute atomic E-state index is 13.7. The van der Waals surface area contributed by atoms with E-state index in [2.05, 4.69) is 15.9 Å². The number of rotatable bonds is 3. The molecule has 4 nitrogen and oxygen atoms in total. The summed E-state index contributed by atoms with van der Waals surface area (Å²) in [6.07, 6.45) is 0. The average Bonchev–Trinajstić information content (AvgIpc) is 2.53. The van der Waals surface area contributed by atoms with E-state index in [1.54, 1.807) is 30.3 Å². The van der Waals surface area contributed by atoms with E-state index < -0.39 is 11.8 Å². The largest absolute Gasteiger partial charge is 0.455 e. The minimum atomic E-state index is -0.824. The zero-order valence-corrected chi connectivity index (χ0v) is 13.3. The number of hydrogen-bond acceptors (Lipinski definition) is 4. The summed E-state index contributed by atoms with van der Waals surface area (Å²) in [7, 11) is 0. The van der Waals surface area contributed by atoms with Crippen LogP contribution in [0.3, 0.4) is 0 Å². The third kappa shape index (κ3) is 3.32. The van der Waals surface area contributed by atoms with E-state index in [-0.39, 0.29) is 23.4 Å². The number of carbonyl (C=O) groups excluding carboxylic acids is 1. The summed E-state index contributed by atoms with van der Waals surface area (Å²) in [5.74, 6) is -1.53. The lowest BCUT2D eigenvalue weighted by Gasteiger charge is -2.06. The molecule has 0 saturated heterocycles. The molecule has 0 amide bonds. The molecule has 23 heavy (non-hydrogen) atoms. The van der Waals surface area contributed by atoms with E-state index in [0.29, 0.717) is 15.4 Å². The van der Waals surface area contributed by atoms with Crippen LogP contribution in [0, 0.1) is 5.82 Å². The molecule has 0 atom stereocenters. The fourth-order valence-electron chi connectivity index (χ4n) is 2.06. The lowest BCUT2D eigenvalue weighted by molar-refractivity contribution is 0.0433. The lowest BCUT2D eigenvalue weighted by atomic mass is 10.2. The van der Waals surface area contributed by atoms with Gasteiger partial charge in [-0.2, -0.15) is 0 Å². The summed E-state index contributed by atoms with van der Waals surface area (Å²) in [6, 6.07) is 12.1. The molecule has 0 aliphatic rings. The van der Waals surface area contributed by atoms with Gasteiger partial charge in [0, 0.05) is 16.1 Å². The van der Waals surface area contributed by atoms with Crippen molar-refractivity contribution in [3.8, 4) is 0 Å². The van der Waals surface area contributed by atoms with E-state index in [9.17, 15) is 14.0 Å². The summed E-state index contributed by atoms with van der Waals surface area (Å²) in [6.45, 7) is -0.255. The van der Waals surface area contributed by atoms with Crippen molar-refractivity contribution in [2.45, 2.75) is 6.61 Å². The minimum Gasteiger partial charge on any atom is -0.455 e. The highest BCUT2D eigenvalue weighted by Gasteiger charge is 2.14. The first-order chi connectivity index (χ1) is 11.0. The number of fused-ring (bicyclic) bond motifs is 1. The summed E-state index contributed by atoms with van der Waals surface area (Å²) in [5, 5.41) is 0.378. The Morgan fingerprint density at radius 1 is 1.17 bits per heavy atom. The number of esters is 1. The summed E-state index contributed by atoms with van der Waals surface area (Å²) >= 11 is 3.15. The molecule has 2 aromatic carbocycles. The van der Waals surface area contributed by atoms with Crippen LogP contribution in [0.5, 0.6) is 0 Å². The molecule has 0 unspecified atom stereocenters. The standard InChI is InChI=1S/C17H10BrFO4/c18-11-6-5-10(13(19)7-11)9-22-17(21)16-8-14(20)12-3-1-2-4-15(12)23-16/h1-8H,9H2. The fraction of sp³-hybridized carbons (Fsp3) is 0.0588. The Balaban J connectivity index is 1.82. The quantitative estimate of drug-likeness (QED) is 0.647. The van der Waals surface area contributed by atoms with Gasteiger partial charge in [-0.25, -0.2) is 9.18 Å². The number of hydrogen-bond donors (Lipinski definition) is 0. The zero-order valence-electron chi connectivity index (χ0n) is 11.7. The van der Waals surface area contributed by atoms with Crippen LogP contribution >= 0.6 is 15.9 Å². The highest BCUT2D eigenvalue weighted by Crippen LogP contribution is 2.17. The Kier molecular flexibility index (Phi) is 4.25. The van der Waals surface area contributed by atoms with Crippen molar-refractivity contribution in [3.05, 3.63) is 80.4 Å². The first-order valence-corrected chi connectivity index (χ1v) is 7.48. The summed E-state index contributed by atoms with van der Waals surface area (Å²) in [5.41, 5.74) is 0.181. The molecular formula is C17H10BrFO4. The average molecular weight is 377 g/mol. The van der Waals surface area contributed by atoms with Gasteiger partial charge in [0.25, 0.3) is 0 Å². The first-order valence-electron chi connectivity index (χ1n) is 6.68. The Labute approximate surface area is 138 Å². The molecule has 6 heteroatoms. The van der Waals surface area contributed by atoms with E-state index in [0.717, 1.165) is 6.07 Å². The van der Waals surface area contributed by atoms with Gasteiger partial charge in [-0.3, -0.25) is 4.79 Å². The maximum Gasteiger partial charge on any atom is 0.374 e. The predicted octanol–water partition coefficient (Wildman–Crippen LogP) is 4.05. The molecule has 0 saturated carbocycles. The Morgan fingerprint density at radius 3 is 2.74 bits per heavy atom. The minimum absolute atomic E-state index is 0.216. The highest BCUT2D eigenvalue weighted by atomic mass is 79.9. The first kappa shape index (κ1) is 15.4. The van der Waals surface area contributed by atoms with Gasteiger partial charge in [0.1, 0.15) is 18.0 Å². The van der Waals surface area contributed by atoms with Crippen molar-refractivity contribution in [1.29, 1.82) is 0 Å². The molecule has 0 aliphatic carbocycles. The SMILES string of the molecule is O=C(OCc1ccc(Br)cc1F)c1cc(=O)c2ccccc2o1. The Hall–Kier alpha value is -2.47. The fourth-order valence-corrected chi connectivity index (χ4v) is 2.39. The van der Waals surface area contributed by atoms with Crippen molar-refractivity contribution >= 4 is 32.9 Å². The van der Waals surface area contributed by atoms with Crippen molar-refractivity contribution in [2.75, 3.05) is 0 Å². The molecule has 3 aromatic rings. The second-order valence-corrected chi connectivity index (χ2v) is 5.70. The molecule has 0 bridgehead atoms. The van der Waals surface area contributed by atoms with Gasteiger partial charge in [-0.1, -0.05) is 34.1 Å². The Morgan fingerprint density at radius 2 is 1.96 bits per heavy atom. The molecule has 3 rings (SSSR count). The van der Waals surface area contributed by atoms with Crippen molar-refractivity contribution in [1.82, 2.24) is 0 Å². The molecular weight excluding hydrogens is 367 g/mol. The van der Waals surface area contributed by atoms with Crippen LogP contribution in [0.4, 0.5) is 4.39 Å². The van der Waals surface area contributed by atoms with E-state index in [1.807, 2.05) is 0 Å². The van der Waals surface area contributed by atoms with Crippen LogP contribution in [-0.4, -0.2) is 5.97 Å². The third-order valence-corrected chi connectivity index (χ3v) is 3.70. The molecule has 0 spiro atoms. The van der Waals surface area contributed by atoms with E-state index in [1.165, 1.54) is 12.1 Å². The van der Waals surface area contributed by atoms with Gasteiger partial charge < -0.3 is 9.15 Å². The molecule has 0 N–H and O–H groups in total. The molecule has 1 heterocycles. The summed E-state index contributed by atoms with van der Waals surface area (Å²) in [4.78, 5) is 23.9. The van der Waals surface area contributed by atoms with E-state index >= 15 is 0 Å². The van der Waals surface area contributed by atoms with Crippen molar-refractivity contribution in [2.24, 2.45) is 0 Å². The number of halogens is 2. The second kappa shape index (κ2) is 6.34. The van der Waals surface area contributed by atoms with Gasteiger partial charge >= 0.3 is 5.97 Å². The second-order valence-electron chi connectivity index (χ2n) is 4.78. The van der Waals surface area contributed by atoms with Crippen LogP contribution in [0.1, 0.15) is 16.1 Å². The molecule has 0 radical (unpaired) electrons. The summed E-state index contributed by atoms with van der Waals surface area (Å²) < 4.78 is 24.6. The maximum atomic E-state index is 13.7. The third-order valence-electron chi connectivity index (χ3n) is 3.21. The monoisotopic (exact) mass is 376 g/mol. The van der Waals surface area contributed by atoms with Gasteiger partial charge in [-0.15, -0.1) is 0 Å². The van der Waals surface area contributed by atoms with E-state index in [4.69, 9.17) is 9.15 Å². The molecule has 116 valence electrons. The van der Waals surface area contributed by atoms with Crippen molar-refractivity contribution < 1.29 is 18.3 Å². The van der Waals surface area contributed by atoms with Crippen LogP contribution < -0.4 is 5.43 Å². The van der Waals surface area contributed by atoms with Gasteiger partial charge in [-0.05, 0) is 24.3 Å².